The molecule has 1 heterocycles. The van der Waals surface area contributed by atoms with Crippen LogP contribution in [0.3, 0.4) is 0 Å². The molecule has 1 aliphatic rings. The highest BCUT2D eigenvalue weighted by Gasteiger charge is 2.33. The fourth-order valence-corrected chi connectivity index (χ4v) is 2.83. The van der Waals surface area contributed by atoms with Crippen LogP contribution in [0, 0.1) is 5.92 Å². The molecule has 0 unspecified atom stereocenters. The molecule has 5 heteroatoms. The van der Waals surface area contributed by atoms with E-state index in [2.05, 4.69) is 25.5 Å². The summed E-state index contributed by atoms with van der Waals surface area (Å²) < 4.78 is 0.164. The molecule has 0 aliphatic carbocycles. The third-order valence-corrected chi connectivity index (χ3v) is 5.42. The van der Waals surface area contributed by atoms with Gasteiger partial charge >= 0.3 is 0 Å². The molecule has 0 saturated carbocycles. The van der Waals surface area contributed by atoms with E-state index < -0.39 is 0 Å². The zero-order chi connectivity index (χ0) is 11.5. The smallest absolute Gasteiger partial charge is 0.248 e. The number of rotatable bonds is 3. The van der Waals surface area contributed by atoms with E-state index >= 15 is 0 Å². The van der Waals surface area contributed by atoms with E-state index in [-0.39, 0.29) is 17.3 Å². The van der Waals surface area contributed by atoms with Gasteiger partial charge in [-0.05, 0) is 32.6 Å². The van der Waals surface area contributed by atoms with Crippen molar-refractivity contribution in [1.82, 2.24) is 4.90 Å². The molecule has 15 heavy (non-hydrogen) atoms. The van der Waals surface area contributed by atoms with Crippen LogP contribution in [0.5, 0.6) is 0 Å². The summed E-state index contributed by atoms with van der Waals surface area (Å²) >= 11 is 4.29. The normalized spacial score (nSPS) is 19.3. The van der Waals surface area contributed by atoms with E-state index in [1.54, 1.807) is 15.7 Å². The predicted molar refractivity (Wildman–Crippen MR) is 67.0 cm³/mol. The molecule has 88 valence electrons. The lowest BCUT2D eigenvalue weighted by Gasteiger charge is -2.39. The van der Waals surface area contributed by atoms with E-state index in [0.717, 1.165) is 25.9 Å². The molecule has 0 spiro atoms. The summed E-state index contributed by atoms with van der Waals surface area (Å²) in [7, 11) is 1.59. The molecule has 0 atom stereocenters. The second-order valence-corrected chi connectivity index (χ2v) is 6.29. The van der Waals surface area contributed by atoms with Crippen molar-refractivity contribution in [2.24, 2.45) is 5.92 Å². The number of aliphatic hydroxyl groups excluding tert-OH is 1. The second kappa shape index (κ2) is 5.46. The number of carbonyl (C=O) groups excluding carboxylic acids is 1. The number of hydrogen-bond donors (Lipinski definition) is 2. The molecule has 0 bridgehead atoms. The number of likely N-dealkylation sites (tertiary alicyclic amines) is 1. The van der Waals surface area contributed by atoms with Crippen molar-refractivity contribution in [3.05, 3.63) is 0 Å². The van der Waals surface area contributed by atoms with Gasteiger partial charge < -0.3 is 10.0 Å². The van der Waals surface area contributed by atoms with Crippen molar-refractivity contribution in [3.63, 3.8) is 0 Å². The van der Waals surface area contributed by atoms with Gasteiger partial charge in [0.05, 0.1) is 0 Å². The van der Waals surface area contributed by atoms with Crippen molar-refractivity contribution in [3.8, 4) is 0 Å². The van der Waals surface area contributed by atoms with Gasteiger partial charge in [-0.2, -0.15) is 0 Å². The molecule has 1 fully saturated rings. The van der Waals surface area contributed by atoms with Crippen LogP contribution in [0.1, 0.15) is 26.7 Å². The second-order valence-electron chi connectivity index (χ2n) is 4.51. The summed E-state index contributed by atoms with van der Waals surface area (Å²) in [6.45, 7) is 5.55. The maximum atomic E-state index is 11.2. The van der Waals surface area contributed by atoms with Crippen LogP contribution in [0.25, 0.3) is 0 Å². The minimum atomic E-state index is -0.366. The number of thiol groups is 1. The van der Waals surface area contributed by atoms with Gasteiger partial charge in [0, 0.05) is 17.8 Å². The third kappa shape index (κ3) is 3.29. The molecule has 0 radical (unpaired) electrons. The molecule has 1 N–H and O–H groups in total. The van der Waals surface area contributed by atoms with Gasteiger partial charge in [-0.25, -0.2) is 0 Å². The quantitative estimate of drug-likeness (QED) is 0.589. The Hall–Kier alpha value is 0.130. The lowest BCUT2D eigenvalue weighted by atomic mass is 9.86. The molecular formula is C10H19NO2S2. The Kier molecular flexibility index (Phi) is 4.80. The van der Waals surface area contributed by atoms with Crippen molar-refractivity contribution in [1.29, 1.82) is 0 Å². The topological polar surface area (TPSA) is 40.5 Å². The zero-order valence-corrected chi connectivity index (χ0v) is 11.0. The molecule has 0 aromatic heterocycles. The number of amides is 1. The number of carbonyl (C=O) groups is 1. The molecule has 1 saturated heterocycles. The highest BCUT2D eigenvalue weighted by atomic mass is 33.1. The Morgan fingerprint density at radius 2 is 2.07 bits per heavy atom. The molecular weight excluding hydrogens is 230 g/mol. The predicted octanol–water partition coefficient (Wildman–Crippen LogP) is 1.57. The molecule has 1 rings (SSSR count). The maximum Gasteiger partial charge on any atom is 0.248 e. The van der Waals surface area contributed by atoms with E-state index in [1.807, 2.05) is 0 Å². The molecule has 1 aliphatic heterocycles. The Bertz CT molecular complexity index is 225. The highest BCUT2D eigenvalue weighted by molar-refractivity contribution is 8.69. The minimum absolute atomic E-state index is 0.148. The average molecular weight is 249 g/mol. The molecule has 1 amide bonds. The fourth-order valence-electron chi connectivity index (χ4n) is 2.00. The maximum absolute atomic E-state index is 11.2. The first kappa shape index (κ1) is 13.2. The molecule has 0 aromatic carbocycles. The van der Waals surface area contributed by atoms with Gasteiger partial charge in [0.1, 0.15) is 6.61 Å². The van der Waals surface area contributed by atoms with E-state index in [0.29, 0.717) is 5.92 Å². The number of nitrogens with zero attached hydrogens (tertiary/aromatic N) is 1. The number of hydrogen-bond acceptors (Lipinski definition) is 4. The van der Waals surface area contributed by atoms with Gasteiger partial charge in [0.25, 0.3) is 0 Å². The standard InChI is InChI=1S/C10H19NO2S2/c1-10(2,15-14)8-3-5-11(6-4-8)9(13)7-12/h8,12,14H,3-7H2,1-2H3. The molecule has 0 aromatic rings. The monoisotopic (exact) mass is 249 g/mol. The van der Waals surface area contributed by atoms with E-state index in [4.69, 9.17) is 5.11 Å². The van der Waals surface area contributed by atoms with Crippen LogP contribution in [0.2, 0.25) is 0 Å². The summed E-state index contributed by atoms with van der Waals surface area (Å²) in [6, 6.07) is 0. The van der Waals surface area contributed by atoms with Gasteiger partial charge in [-0.3, -0.25) is 4.79 Å². The Labute approximate surface area is 100 Å². The van der Waals surface area contributed by atoms with Crippen LogP contribution in [-0.4, -0.2) is 40.4 Å². The summed E-state index contributed by atoms with van der Waals surface area (Å²) in [5, 5.41) is 8.75. The van der Waals surface area contributed by atoms with Crippen molar-refractivity contribution in [2.45, 2.75) is 31.4 Å². The van der Waals surface area contributed by atoms with E-state index in [1.165, 1.54) is 0 Å². The third-order valence-electron chi connectivity index (χ3n) is 3.20. The van der Waals surface area contributed by atoms with Crippen LogP contribution < -0.4 is 0 Å². The summed E-state index contributed by atoms with van der Waals surface area (Å²) in [5.41, 5.74) is 0. The zero-order valence-electron chi connectivity index (χ0n) is 9.27. The number of aliphatic hydroxyl groups is 1. The van der Waals surface area contributed by atoms with Crippen LogP contribution >= 0.6 is 22.5 Å². The lowest BCUT2D eigenvalue weighted by Crippen LogP contribution is -2.43. The first-order valence-electron chi connectivity index (χ1n) is 5.22. The summed E-state index contributed by atoms with van der Waals surface area (Å²) in [5.74, 6) is 0.451. The average Bonchev–Trinajstić information content (AvgIpc) is 2.28. The van der Waals surface area contributed by atoms with Gasteiger partial charge in [0.15, 0.2) is 0 Å². The first-order valence-corrected chi connectivity index (χ1v) is 7.09. The Morgan fingerprint density at radius 3 is 2.47 bits per heavy atom. The first-order chi connectivity index (χ1) is 7.01. The van der Waals surface area contributed by atoms with Gasteiger partial charge in [-0.1, -0.05) is 10.8 Å². The summed E-state index contributed by atoms with van der Waals surface area (Å²) in [4.78, 5) is 13.0. The van der Waals surface area contributed by atoms with Gasteiger partial charge in [-0.15, -0.1) is 11.7 Å². The van der Waals surface area contributed by atoms with Crippen molar-refractivity contribution in [2.75, 3.05) is 19.7 Å². The van der Waals surface area contributed by atoms with Gasteiger partial charge in [0.2, 0.25) is 5.91 Å². The largest absolute Gasteiger partial charge is 0.387 e. The van der Waals surface area contributed by atoms with Crippen LogP contribution in [0.4, 0.5) is 0 Å². The van der Waals surface area contributed by atoms with Crippen molar-refractivity contribution < 1.29 is 9.90 Å². The lowest BCUT2D eigenvalue weighted by molar-refractivity contribution is -0.135. The Balaban J connectivity index is 2.46. The summed E-state index contributed by atoms with van der Waals surface area (Å²) in [6.07, 6.45) is 2.01. The van der Waals surface area contributed by atoms with Crippen LogP contribution in [0.15, 0.2) is 0 Å². The Morgan fingerprint density at radius 1 is 1.53 bits per heavy atom. The van der Waals surface area contributed by atoms with Crippen LogP contribution in [-0.2, 0) is 4.79 Å². The van der Waals surface area contributed by atoms with E-state index in [9.17, 15) is 4.79 Å². The highest BCUT2D eigenvalue weighted by Crippen LogP contribution is 2.40. The molecule has 3 nitrogen and oxygen atoms in total. The fraction of sp³-hybridized carbons (Fsp3) is 0.900. The number of piperidine rings is 1. The SMILES string of the molecule is CC(C)(SS)C1CCN(C(=O)CO)CC1. The minimum Gasteiger partial charge on any atom is -0.387 e. The van der Waals surface area contributed by atoms with Crippen molar-refractivity contribution >= 4 is 28.4 Å².